The summed E-state index contributed by atoms with van der Waals surface area (Å²) in [6, 6.07) is 31.6. The topological polar surface area (TPSA) is 0 Å². The number of hydrogen-bond donors (Lipinski definition) is 0. The van der Waals surface area contributed by atoms with Gasteiger partial charge in [-0.05, 0) is 51.9 Å². The normalized spacial score (nSPS) is 14.3. The summed E-state index contributed by atoms with van der Waals surface area (Å²) in [6.45, 7) is 4.70. The Kier molecular flexibility index (Phi) is 3.54. The van der Waals surface area contributed by atoms with Crippen LogP contribution in [0.2, 0.25) is 0 Å². The molecule has 0 radical (unpaired) electrons. The summed E-state index contributed by atoms with van der Waals surface area (Å²) in [7, 11) is 0. The van der Waals surface area contributed by atoms with Crippen molar-refractivity contribution in [3.63, 3.8) is 0 Å². The minimum Gasteiger partial charge on any atom is -0.135 e. The summed E-state index contributed by atoms with van der Waals surface area (Å²) in [5.41, 5.74) is 8.54. The van der Waals surface area contributed by atoms with Gasteiger partial charge in [0.05, 0.1) is 0 Å². The Labute approximate surface area is 175 Å². The molecule has 140 valence electrons. The van der Waals surface area contributed by atoms with Gasteiger partial charge in [-0.2, -0.15) is 0 Å². The van der Waals surface area contributed by atoms with Crippen molar-refractivity contribution in [2.75, 3.05) is 0 Å². The molecule has 4 aromatic carbocycles. The highest BCUT2D eigenvalue weighted by molar-refractivity contribution is 7.25. The molecule has 0 nitrogen and oxygen atoms in total. The maximum Gasteiger partial charge on any atom is 0.0358 e. The van der Waals surface area contributed by atoms with Crippen LogP contribution in [0, 0.1) is 0 Å². The lowest BCUT2D eigenvalue weighted by molar-refractivity contribution is 0.659. The van der Waals surface area contributed by atoms with E-state index in [1.807, 2.05) is 11.3 Å². The lowest BCUT2D eigenvalue weighted by atomic mass is 9.81. The Morgan fingerprint density at radius 3 is 2.24 bits per heavy atom. The van der Waals surface area contributed by atoms with Crippen LogP contribution in [0.3, 0.4) is 0 Å². The Balaban J connectivity index is 1.40. The molecule has 1 heteroatoms. The lowest BCUT2D eigenvalue weighted by Crippen LogP contribution is -2.15. The highest BCUT2D eigenvalue weighted by Crippen LogP contribution is 2.48. The average molecular weight is 391 g/mol. The summed E-state index contributed by atoms with van der Waals surface area (Å²) < 4.78 is 2.76. The van der Waals surface area contributed by atoms with Gasteiger partial charge in [0.1, 0.15) is 0 Å². The number of thiophene rings is 1. The van der Waals surface area contributed by atoms with Gasteiger partial charge in [-0.15, -0.1) is 11.3 Å². The van der Waals surface area contributed by atoms with Crippen LogP contribution in [-0.2, 0) is 11.8 Å². The maximum atomic E-state index is 2.43. The Bertz CT molecular complexity index is 1400. The molecule has 1 aliphatic carbocycles. The smallest absolute Gasteiger partial charge is 0.0358 e. The van der Waals surface area contributed by atoms with Crippen molar-refractivity contribution in [2.24, 2.45) is 0 Å². The van der Waals surface area contributed by atoms with E-state index >= 15 is 0 Å². The molecule has 0 saturated heterocycles. The molecule has 1 heterocycles. The minimum absolute atomic E-state index is 0.0668. The zero-order valence-corrected chi connectivity index (χ0v) is 17.5. The average Bonchev–Trinajstić information content (AvgIpc) is 3.21. The van der Waals surface area contributed by atoms with Crippen LogP contribution in [0.25, 0.3) is 31.3 Å². The molecule has 0 amide bonds. The van der Waals surface area contributed by atoms with Crippen molar-refractivity contribution in [2.45, 2.75) is 25.7 Å². The minimum atomic E-state index is 0.0668. The fraction of sp³-hybridized carbons (Fsp3) is 0.143. The highest BCUT2D eigenvalue weighted by Gasteiger charge is 2.34. The first-order chi connectivity index (χ1) is 14.1. The van der Waals surface area contributed by atoms with Crippen molar-refractivity contribution >= 4 is 31.5 Å². The Morgan fingerprint density at radius 1 is 0.621 bits per heavy atom. The first kappa shape index (κ1) is 17.0. The quantitative estimate of drug-likeness (QED) is 0.287. The second kappa shape index (κ2) is 6.05. The first-order valence-electron chi connectivity index (χ1n) is 10.2. The highest BCUT2D eigenvalue weighted by atomic mass is 32.1. The van der Waals surface area contributed by atoms with Crippen LogP contribution in [0.4, 0.5) is 0 Å². The van der Waals surface area contributed by atoms with Crippen LogP contribution in [0.15, 0.2) is 84.9 Å². The number of fused-ring (bicyclic) bond motifs is 6. The number of rotatable bonds is 2. The maximum absolute atomic E-state index is 2.43. The molecule has 0 aliphatic heterocycles. The molecule has 0 saturated carbocycles. The molecular formula is C28H22S. The van der Waals surface area contributed by atoms with E-state index in [0.29, 0.717) is 0 Å². The van der Waals surface area contributed by atoms with Crippen molar-refractivity contribution in [3.8, 4) is 11.1 Å². The molecule has 0 atom stereocenters. The molecule has 0 bridgehead atoms. The summed E-state index contributed by atoms with van der Waals surface area (Å²) in [6.07, 6.45) is 0.976. The van der Waals surface area contributed by atoms with E-state index in [9.17, 15) is 0 Å². The zero-order valence-electron chi connectivity index (χ0n) is 16.7. The van der Waals surface area contributed by atoms with Gasteiger partial charge in [0.25, 0.3) is 0 Å². The summed E-state index contributed by atoms with van der Waals surface area (Å²) in [5.74, 6) is 0. The molecule has 6 rings (SSSR count). The van der Waals surface area contributed by atoms with Crippen LogP contribution < -0.4 is 0 Å². The molecule has 0 unspecified atom stereocenters. The van der Waals surface area contributed by atoms with E-state index in [0.717, 1.165) is 6.42 Å². The lowest BCUT2D eigenvalue weighted by Gasteiger charge is -2.22. The van der Waals surface area contributed by atoms with Gasteiger partial charge in [0, 0.05) is 25.6 Å². The second-order valence-corrected chi connectivity index (χ2v) is 9.74. The van der Waals surface area contributed by atoms with E-state index in [4.69, 9.17) is 0 Å². The molecule has 0 N–H and O–H groups in total. The summed E-state index contributed by atoms with van der Waals surface area (Å²) in [5, 5.41) is 2.75. The van der Waals surface area contributed by atoms with Gasteiger partial charge in [0.2, 0.25) is 0 Å². The van der Waals surface area contributed by atoms with E-state index in [2.05, 4.69) is 98.8 Å². The zero-order chi connectivity index (χ0) is 19.6. The van der Waals surface area contributed by atoms with E-state index in [-0.39, 0.29) is 5.41 Å². The fourth-order valence-corrected chi connectivity index (χ4v) is 6.15. The predicted octanol–water partition coefficient (Wildman–Crippen LogP) is 7.95. The van der Waals surface area contributed by atoms with E-state index in [1.165, 1.54) is 53.6 Å². The molecule has 5 aromatic rings. The van der Waals surface area contributed by atoms with Gasteiger partial charge in [-0.1, -0.05) is 86.6 Å². The van der Waals surface area contributed by atoms with Crippen LogP contribution in [-0.4, -0.2) is 0 Å². The first-order valence-corrected chi connectivity index (χ1v) is 11.1. The van der Waals surface area contributed by atoms with Gasteiger partial charge in [-0.25, -0.2) is 0 Å². The van der Waals surface area contributed by atoms with Gasteiger partial charge in [0.15, 0.2) is 0 Å². The van der Waals surface area contributed by atoms with Crippen LogP contribution >= 0.6 is 11.3 Å². The Hall–Kier alpha value is -2.90. The van der Waals surface area contributed by atoms with Crippen molar-refractivity contribution in [1.29, 1.82) is 0 Å². The SMILES string of the molecule is CC1(C)c2ccccc2-c2ccc(Cc3ccc4c(c3)sc3ccccc34)cc21. The standard InChI is InChI=1S/C28H22S/c1-28(2)24-9-5-3-7-20(24)21-13-11-18(16-25(21)28)15-19-12-14-23-22-8-4-6-10-26(22)29-27(23)17-19/h3-14,16-17H,15H2,1-2H3. The van der Waals surface area contributed by atoms with Crippen molar-refractivity contribution < 1.29 is 0 Å². The van der Waals surface area contributed by atoms with Gasteiger partial charge in [-0.3, -0.25) is 0 Å². The largest absolute Gasteiger partial charge is 0.135 e. The third-order valence-electron chi connectivity index (χ3n) is 6.50. The Morgan fingerprint density at radius 2 is 1.31 bits per heavy atom. The molecule has 0 spiro atoms. The van der Waals surface area contributed by atoms with Crippen molar-refractivity contribution in [3.05, 3.63) is 107 Å². The summed E-state index contributed by atoms with van der Waals surface area (Å²) in [4.78, 5) is 0. The molecule has 29 heavy (non-hydrogen) atoms. The number of benzene rings is 4. The van der Waals surface area contributed by atoms with Crippen LogP contribution in [0.5, 0.6) is 0 Å². The van der Waals surface area contributed by atoms with Gasteiger partial charge < -0.3 is 0 Å². The second-order valence-electron chi connectivity index (χ2n) is 8.66. The third kappa shape index (κ3) is 2.51. The van der Waals surface area contributed by atoms with E-state index in [1.54, 1.807) is 0 Å². The molecule has 1 aromatic heterocycles. The molecule has 0 fully saturated rings. The number of hydrogen-bond acceptors (Lipinski definition) is 1. The third-order valence-corrected chi connectivity index (χ3v) is 7.63. The molecular weight excluding hydrogens is 368 g/mol. The van der Waals surface area contributed by atoms with Gasteiger partial charge >= 0.3 is 0 Å². The van der Waals surface area contributed by atoms with Crippen molar-refractivity contribution in [1.82, 2.24) is 0 Å². The van der Waals surface area contributed by atoms with Crippen LogP contribution in [0.1, 0.15) is 36.1 Å². The monoisotopic (exact) mass is 390 g/mol. The molecule has 1 aliphatic rings. The van der Waals surface area contributed by atoms with E-state index < -0.39 is 0 Å². The predicted molar refractivity (Wildman–Crippen MR) is 126 cm³/mol. The fourth-order valence-electron chi connectivity index (χ4n) is 4.98. The summed E-state index contributed by atoms with van der Waals surface area (Å²) >= 11 is 1.90.